The van der Waals surface area contributed by atoms with Crippen LogP contribution in [0.2, 0.25) is 5.02 Å². The van der Waals surface area contributed by atoms with E-state index in [-0.39, 0.29) is 5.82 Å². The lowest BCUT2D eigenvalue weighted by Gasteiger charge is -2.34. The zero-order valence-corrected chi connectivity index (χ0v) is 16.1. The summed E-state index contributed by atoms with van der Waals surface area (Å²) in [6, 6.07) is 5.32. The molecule has 1 heterocycles. The van der Waals surface area contributed by atoms with Crippen molar-refractivity contribution >= 4 is 23.5 Å². The van der Waals surface area contributed by atoms with E-state index in [1.807, 2.05) is 0 Å². The number of nitrogens with one attached hydrogen (secondary N) is 1. The van der Waals surface area contributed by atoms with Gasteiger partial charge in [0.1, 0.15) is 5.82 Å². The fourth-order valence-corrected chi connectivity index (χ4v) is 3.09. The molecule has 150 valence electrons. The summed E-state index contributed by atoms with van der Waals surface area (Å²) in [7, 11) is 0. The maximum atomic E-state index is 13.1. The maximum absolute atomic E-state index is 13.1. The molecule has 0 bridgehead atoms. The van der Waals surface area contributed by atoms with Crippen LogP contribution in [0.1, 0.15) is 31.7 Å². The van der Waals surface area contributed by atoms with E-state index < -0.39 is 11.9 Å². The molecule has 8 heteroatoms. The number of piperidine rings is 1. The number of hydrogen-bond donors (Lipinski definition) is 3. The van der Waals surface area contributed by atoms with Gasteiger partial charge < -0.3 is 15.5 Å². The second kappa shape index (κ2) is 12.4. The van der Waals surface area contributed by atoms with Gasteiger partial charge in [-0.25, -0.2) is 14.0 Å². The van der Waals surface area contributed by atoms with Crippen LogP contribution < -0.4 is 5.32 Å². The molecule has 0 radical (unpaired) electrons. The Bertz CT molecular complexity index is 633. The molecule has 1 aliphatic heterocycles. The van der Waals surface area contributed by atoms with E-state index in [1.54, 1.807) is 6.07 Å². The van der Waals surface area contributed by atoms with Crippen molar-refractivity contribution < 1.29 is 24.2 Å². The first-order chi connectivity index (χ1) is 12.8. The summed E-state index contributed by atoms with van der Waals surface area (Å²) in [6.45, 7) is 6.25. The normalized spacial score (nSPS) is 14.8. The second-order valence-electron chi connectivity index (χ2n) is 6.20. The van der Waals surface area contributed by atoms with Crippen molar-refractivity contribution in [3.05, 3.63) is 46.8 Å². The summed E-state index contributed by atoms with van der Waals surface area (Å²) in [5.74, 6) is -2.78. The van der Waals surface area contributed by atoms with Crippen molar-refractivity contribution in [2.75, 3.05) is 19.6 Å². The van der Waals surface area contributed by atoms with Crippen LogP contribution in [0, 0.1) is 5.82 Å². The van der Waals surface area contributed by atoms with E-state index in [0.29, 0.717) is 23.2 Å². The zero-order chi connectivity index (χ0) is 20.2. The monoisotopic (exact) mass is 400 g/mol. The van der Waals surface area contributed by atoms with Gasteiger partial charge in [0.2, 0.25) is 0 Å². The minimum atomic E-state index is -1.26. The Morgan fingerprint density at radius 3 is 2.33 bits per heavy atom. The lowest BCUT2D eigenvalue weighted by Crippen LogP contribution is -2.43. The second-order valence-corrected chi connectivity index (χ2v) is 6.60. The number of carboxylic acid groups (broad SMARTS) is 2. The lowest BCUT2D eigenvalue weighted by atomic mass is 10.0. The summed E-state index contributed by atoms with van der Waals surface area (Å²) in [6.07, 6.45) is 4.60. The molecular weight excluding hydrogens is 375 g/mol. The molecule has 0 atom stereocenters. The van der Waals surface area contributed by atoms with Crippen molar-refractivity contribution in [3.8, 4) is 0 Å². The van der Waals surface area contributed by atoms with Crippen LogP contribution in [0.15, 0.2) is 30.4 Å². The molecule has 1 aromatic rings. The molecule has 1 aliphatic rings. The largest absolute Gasteiger partial charge is 0.478 e. The third-order valence-electron chi connectivity index (χ3n) is 4.09. The highest BCUT2D eigenvalue weighted by Gasteiger charge is 2.21. The van der Waals surface area contributed by atoms with Gasteiger partial charge in [0, 0.05) is 29.8 Å². The zero-order valence-electron chi connectivity index (χ0n) is 15.3. The van der Waals surface area contributed by atoms with Gasteiger partial charge in [0.05, 0.1) is 0 Å². The molecule has 1 fully saturated rings. The number of hydrogen-bond acceptors (Lipinski definition) is 4. The molecule has 1 aromatic carbocycles. The van der Waals surface area contributed by atoms with E-state index >= 15 is 0 Å². The minimum absolute atomic E-state index is 0.266. The van der Waals surface area contributed by atoms with Crippen molar-refractivity contribution in [1.82, 2.24) is 10.2 Å². The number of carboxylic acids is 2. The Balaban J connectivity index is 0.000000387. The van der Waals surface area contributed by atoms with E-state index in [1.165, 1.54) is 25.0 Å². The van der Waals surface area contributed by atoms with Crippen LogP contribution in [0.4, 0.5) is 4.39 Å². The van der Waals surface area contributed by atoms with Gasteiger partial charge in [-0.2, -0.15) is 0 Å². The number of nitrogens with zero attached hydrogens (tertiary/aromatic N) is 1. The first-order valence-corrected chi connectivity index (χ1v) is 9.24. The Hall–Kier alpha value is -1.96. The molecule has 0 unspecified atom stereocenters. The average Bonchev–Trinajstić information content (AvgIpc) is 2.63. The fraction of sp³-hybridized carbons (Fsp3) is 0.474. The van der Waals surface area contributed by atoms with Crippen LogP contribution in [0.5, 0.6) is 0 Å². The number of aliphatic carboxylic acids is 2. The van der Waals surface area contributed by atoms with Crippen molar-refractivity contribution in [2.45, 2.75) is 38.8 Å². The number of carbonyl (C=O) groups is 2. The molecular formula is C19H26ClFN2O4. The van der Waals surface area contributed by atoms with Gasteiger partial charge >= 0.3 is 11.9 Å². The summed E-state index contributed by atoms with van der Waals surface area (Å²) in [5.41, 5.74) is 1.02. The fourth-order valence-electron chi connectivity index (χ4n) is 2.86. The number of benzene rings is 1. The minimum Gasteiger partial charge on any atom is -0.478 e. The van der Waals surface area contributed by atoms with Crippen LogP contribution >= 0.6 is 11.6 Å². The molecule has 1 saturated heterocycles. The van der Waals surface area contributed by atoms with E-state index in [4.69, 9.17) is 21.8 Å². The Kier molecular flexibility index (Phi) is 10.6. The topological polar surface area (TPSA) is 89.9 Å². The molecule has 27 heavy (non-hydrogen) atoms. The molecule has 0 saturated carbocycles. The summed E-state index contributed by atoms with van der Waals surface area (Å²) >= 11 is 6.13. The predicted octanol–water partition coefficient (Wildman–Crippen LogP) is 3.15. The van der Waals surface area contributed by atoms with E-state index in [0.717, 1.165) is 38.2 Å². The lowest BCUT2D eigenvalue weighted by molar-refractivity contribution is -0.134. The highest BCUT2D eigenvalue weighted by Crippen LogP contribution is 2.22. The van der Waals surface area contributed by atoms with Crippen LogP contribution in [-0.4, -0.2) is 52.7 Å². The summed E-state index contributed by atoms with van der Waals surface area (Å²) in [5, 5.41) is 19.6. The van der Waals surface area contributed by atoms with Gasteiger partial charge in [-0.3, -0.25) is 4.90 Å². The van der Waals surface area contributed by atoms with E-state index in [2.05, 4.69) is 17.1 Å². The van der Waals surface area contributed by atoms with Gasteiger partial charge in [0.25, 0.3) is 0 Å². The molecule has 2 rings (SSSR count). The Labute approximate surface area is 163 Å². The number of rotatable bonds is 7. The van der Waals surface area contributed by atoms with Crippen molar-refractivity contribution in [3.63, 3.8) is 0 Å². The third kappa shape index (κ3) is 9.51. The Morgan fingerprint density at radius 1 is 1.26 bits per heavy atom. The quantitative estimate of drug-likeness (QED) is 0.609. The van der Waals surface area contributed by atoms with Crippen LogP contribution in [-0.2, 0) is 16.1 Å². The first-order valence-electron chi connectivity index (χ1n) is 8.86. The van der Waals surface area contributed by atoms with Gasteiger partial charge in [-0.15, -0.1) is 0 Å². The molecule has 6 nitrogen and oxygen atoms in total. The average molecular weight is 401 g/mol. The van der Waals surface area contributed by atoms with E-state index in [9.17, 15) is 14.0 Å². The molecule has 0 spiro atoms. The predicted molar refractivity (Wildman–Crippen MR) is 102 cm³/mol. The van der Waals surface area contributed by atoms with Crippen LogP contribution in [0.25, 0.3) is 0 Å². The summed E-state index contributed by atoms with van der Waals surface area (Å²) in [4.78, 5) is 21.6. The molecule has 0 aliphatic carbocycles. The van der Waals surface area contributed by atoms with Gasteiger partial charge in [0.15, 0.2) is 0 Å². The maximum Gasteiger partial charge on any atom is 0.328 e. The van der Waals surface area contributed by atoms with Crippen LogP contribution in [0.3, 0.4) is 0 Å². The highest BCUT2D eigenvalue weighted by molar-refractivity contribution is 6.31. The first kappa shape index (κ1) is 23.1. The standard InChI is InChI=1S/C15H22ClFN2.C4H4O4/c1-2-9-19(14-5-7-18-8-6-14)11-12-3-4-13(17)10-15(12)16;5-3(6)1-2-4(7)8/h3-4,10,14,18H,2,5-9,11H2,1H3;1-2H,(H,5,6)(H,7,8)/b;2-1+. The highest BCUT2D eigenvalue weighted by atomic mass is 35.5. The molecule has 3 N–H and O–H groups in total. The Morgan fingerprint density at radius 2 is 1.85 bits per heavy atom. The molecule has 0 aromatic heterocycles. The van der Waals surface area contributed by atoms with Gasteiger partial charge in [-0.05, 0) is 56.6 Å². The molecule has 0 amide bonds. The van der Waals surface area contributed by atoms with Gasteiger partial charge in [-0.1, -0.05) is 24.6 Å². The number of halogens is 2. The summed E-state index contributed by atoms with van der Waals surface area (Å²) < 4.78 is 13.1. The smallest absolute Gasteiger partial charge is 0.328 e. The van der Waals surface area contributed by atoms with Crippen molar-refractivity contribution in [1.29, 1.82) is 0 Å². The SMILES string of the molecule is CCCN(Cc1ccc(F)cc1Cl)C1CCNCC1.O=C(O)/C=C/C(=O)O. The third-order valence-corrected chi connectivity index (χ3v) is 4.44. The van der Waals surface area contributed by atoms with Crippen molar-refractivity contribution in [2.24, 2.45) is 0 Å².